The molecule has 0 aromatic heterocycles. The van der Waals surface area contributed by atoms with Crippen LogP contribution in [-0.4, -0.2) is 59.9 Å². The lowest BCUT2D eigenvalue weighted by Crippen LogP contribution is -2.34. The topological polar surface area (TPSA) is 172 Å². The highest BCUT2D eigenvalue weighted by Crippen LogP contribution is 2.43. The number of hydrogen-bond donors (Lipinski definition) is 3. The number of ether oxygens (including phenoxy) is 2. The number of carboxylic acids is 1. The van der Waals surface area contributed by atoms with Crippen molar-refractivity contribution in [3.05, 3.63) is 72.9 Å². The molecule has 3 atom stereocenters. The summed E-state index contributed by atoms with van der Waals surface area (Å²) in [5, 5.41) is 8.92. The molecule has 0 amide bonds. The van der Waals surface area contributed by atoms with Crippen LogP contribution in [0.5, 0.6) is 0 Å². The first-order chi connectivity index (χ1) is 31.6. The van der Waals surface area contributed by atoms with Crippen molar-refractivity contribution >= 4 is 25.7 Å². The predicted octanol–water partition coefficient (Wildman–Crippen LogP) is 14.5. The Morgan fingerprint density at radius 1 is 0.492 bits per heavy atom. The van der Waals surface area contributed by atoms with Crippen LogP contribution in [-0.2, 0) is 37.5 Å². The molecule has 65 heavy (non-hydrogen) atoms. The SMILES string of the molecule is CC/C=C\C/C=C\C/C=C\C/C=C\C/C=C\C/C=C\CCC(=O)OC(COC(=O)CCCCCCCCCCCCCCCCCCCCCCCC)COP(=O)(O)OCC(N)C(=O)O. The molecule has 0 radical (unpaired) electrons. The van der Waals surface area contributed by atoms with Crippen molar-refractivity contribution in [2.24, 2.45) is 5.73 Å². The Kier molecular flexibility index (Phi) is 45.2. The fourth-order valence-corrected chi connectivity index (χ4v) is 7.58. The number of hydrogen-bond acceptors (Lipinski definition) is 9. The minimum Gasteiger partial charge on any atom is -0.480 e. The van der Waals surface area contributed by atoms with E-state index in [0.29, 0.717) is 19.3 Å². The third-order valence-electron chi connectivity index (χ3n) is 10.7. The van der Waals surface area contributed by atoms with Gasteiger partial charge in [0, 0.05) is 12.8 Å². The molecule has 0 saturated heterocycles. The maximum Gasteiger partial charge on any atom is 0.472 e. The monoisotopic (exact) mass is 934 g/mol. The van der Waals surface area contributed by atoms with Gasteiger partial charge >= 0.3 is 25.7 Å². The van der Waals surface area contributed by atoms with Gasteiger partial charge in [0.05, 0.1) is 13.2 Å². The van der Waals surface area contributed by atoms with Crippen LogP contribution in [0.15, 0.2) is 72.9 Å². The summed E-state index contributed by atoms with van der Waals surface area (Å²) in [5.74, 6) is -2.48. The van der Waals surface area contributed by atoms with Gasteiger partial charge in [-0.1, -0.05) is 222 Å². The lowest BCUT2D eigenvalue weighted by atomic mass is 10.0. The van der Waals surface area contributed by atoms with E-state index in [1.807, 2.05) is 12.2 Å². The van der Waals surface area contributed by atoms with Crippen molar-refractivity contribution in [3.63, 3.8) is 0 Å². The molecule has 0 bridgehead atoms. The maximum atomic E-state index is 12.6. The second kappa shape index (κ2) is 47.4. The Balaban J connectivity index is 4.33. The summed E-state index contributed by atoms with van der Waals surface area (Å²) in [6.45, 7) is 2.64. The summed E-state index contributed by atoms with van der Waals surface area (Å²) < 4.78 is 32.7. The Labute approximate surface area is 395 Å². The van der Waals surface area contributed by atoms with E-state index in [0.717, 1.165) is 51.4 Å². The normalized spacial score (nSPS) is 14.2. The average molecular weight is 934 g/mol. The first-order valence-corrected chi connectivity index (χ1v) is 27.0. The summed E-state index contributed by atoms with van der Waals surface area (Å²) >= 11 is 0. The highest BCUT2D eigenvalue weighted by Gasteiger charge is 2.28. The van der Waals surface area contributed by atoms with E-state index in [2.05, 4.69) is 79.1 Å². The lowest BCUT2D eigenvalue weighted by molar-refractivity contribution is -0.161. The molecule has 11 nitrogen and oxygen atoms in total. The number of phosphoric ester groups is 1. The summed E-state index contributed by atoms with van der Waals surface area (Å²) in [4.78, 5) is 46.1. The number of nitrogens with two attached hydrogens (primary N) is 1. The molecule has 0 fully saturated rings. The van der Waals surface area contributed by atoms with Crippen LogP contribution in [0.3, 0.4) is 0 Å². The van der Waals surface area contributed by atoms with Gasteiger partial charge in [0.15, 0.2) is 6.10 Å². The highest BCUT2D eigenvalue weighted by molar-refractivity contribution is 7.47. The number of phosphoric acid groups is 1. The summed E-state index contributed by atoms with van der Waals surface area (Å²) in [6, 6.07) is -1.54. The molecule has 374 valence electrons. The third-order valence-corrected chi connectivity index (χ3v) is 11.7. The summed E-state index contributed by atoms with van der Waals surface area (Å²) in [6.07, 6.45) is 58.5. The van der Waals surface area contributed by atoms with Crippen LogP contribution in [0.25, 0.3) is 0 Å². The van der Waals surface area contributed by atoms with Crippen LogP contribution in [0.1, 0.15) is 213 Å². The largest absolute Gasteiger partial charge is 0.480 e. The van der Waals surface area contributed by atoms with Crippen LogP contribution < -0.4 is 5.73 Å². The Morgan fingerprint density at radius 3 is 1.26 bits per heavy atom. The molecule has 0 aliphatic carbocycles. The van der Waals surface area contributed by atoms with Gasteiger partial charge in [-0.25, -0.2) is 4.57 Å². The number of allylic oxidation sites excluding steroid dienone is 12. The maximum absolute atomic E-state index is 12.6. The van der Waals surface area contributed by atoms with Crippen molar-refractivity contribution in [1.82, 2.24) is 0 Å². The first-order valence-electron chi connectivity index (χ1n) is 25.5. The van der Waals surface area contributed by atoms with Gasteiger partial charge < -0.3 is 25.2 Å². The average Bonchev–Trinajstić information content (AvgIpc) is 3.28. The minimum atomic E-state index is -4.74. The van der Waals surface area contributed by atoms with Gasteiger partial charge in [-0.05, 0) is 51.4 Å². The molecule has 3 unspecified atom stereocenters. The minimum absolute atomic E-state index is 0.0346. The van der Waals surface area contributed by atoms with Gasteiger partial charge in [-0.2, -0.15) is 0 Å². The Hall–Kier alpha value is -3.08. The number of unbranched alkanes of at least 4 members (excludes halogenated alkanes) is 21. The number of rotatable bonds is 47. The molecule has 0 rings (SSSR count). The van der Waals surface area contributed by atoms with Gasteiger partial charge in [0.1, 0.15) is 12.6 Å². The number of carbonyl (C=O) groups is 3. The van der Waals surface area contributed by atoms with Crippen molar-refractivity contribution in [3.8, 4) is 0 Å². The second-order valence-corrected chi connectivity index (χ2v) is 18.4. The molecule has 12 heteroatoms. The van der Waals surface area contributed by atoms with E-state index >= 15 is 0 Å². The van der Waals surface area contributed by atoms with Crippen LogP contribution in [0, 0.1) is 0 Å². The van der Waals surface area contributed by atoms with Crippen molar-refractivity contribution in [1.29, 1.82) is 0 Å². The zero-order valence-electron chi connectivity index (χ0n) is 40.8. The van der Waals surface area contributed by atoms with Gasteiger partial charge in [0.25, 0.3) is 0 Å². The molecule has 0 saturated carbocycles. The van der Waals surface area contributed by atoms with Crippen LogP contribution >= 0.6 is 7.82 Å². The van der Waals surface area contributed by atoms with Crippen molar-refractivity contribution < 1.29 is 47.5 Å². The van der Waals surface area contributed by atoms with E-state index in [1.165, 1.54) is 116 Å². The summed E-state index contributed by atoms with van der Waals surface area (Å²) in [7, 11) is -4.74. The molecular weight excluding hydrogens is 842 g/mol. The van der Waals surface area contributed by atoms with Gasteiger partial charge in [0.2, 0.25) is 0 Å². The fraction of sp³-hybridized carbons (Fsp3) is 0.717. The van der Waals surface area contributed by atoms with Gasteiger partial charge in [-0.3, -0.25) is 23.4 Å². The first kappa shape index (κ1) is 61.9. The zero-order valence-corrected chi connectivity index (χ0v) is 41.7. The molecule has 0 aliphatic heterocycles. The second-order valence-electron chi connectivity index (χ2n) is 16.9. The quantitative estimate of drug-likeness (QED) is 0.0229. The fourth-order valence-electron chi connectivity index (χ4n) is 6.80. The molecule has 0 aromatic carbocycles. The van der Waals surface area contributed by atoms with Crippen LogP contribution in [0.4, 0.5) is 0 Å². The Bertz CT molecular complexity index is 1370. The number of carboxylic acid groups (broad SMARTS) is 1. The summed E-state index contributed by atoms with van der Waals surface area (Å²) in [5.41, 5.74) is 5.34. The lowest BCUT2D eigenvalue weighted by Gasteiger charge is -2.20. The predicted molar refractivity (Wildman–Crippen MR) is 267 cm³/mol. The Morgan fingerprint density at radius 2 is 0.862 bits per heavy atom. The third kappa shape index (κ3) is 47.2. The number of aliphatic carboxylic acids is 1. The van der Waals surface area contributed by atoms with Crippen LogP contribution in [0.2, 0.25) is 0 Å². The molecule has 0 spiro atoms. The number of carbonyl (C=O) groups excluding carboxylic acids is 2. The molecule has 4 N–H and O–H groups in total. The molecular formula is C53H92NO10P. The van der Waals surface area contributed by atoms with E-state index in [1.54, 1.807) is 0 Å². The van der Waals surface area contributed by atoms with Crippen molar-refractivity contribution in [2.75, 3.05) is 19.8 Å². The van der Waals surface area contributed by atoms with E-state index in [9.17, 15) is 23.8 Å². The van der Waals surface area contributed by atoms with E-state index in [4.69, 9.17) is 24.8 Å². The highest BCUT2D eigenvalue weighted by atomic mass is 31.2. The van der Waals surface area contributed by atoms with Gasteiger partial charge in [-0.15, -0.1) is 0 Å². The van der Waals surface area contributed by atoms with E-state index < -0.39 is 51.1 Å². The van der Waals surface area contributed by atoms with E-state index in [-0.39, 0.29) is 19.4 Å². The number of esters is 2. The molecule has 0 heterocycles. The van der Waals surface area contributed by atoms with Crippen molar-refractivity contribution in [2.45, 2.75) is 225 Å². The zero-order chi connectivity index (χ0) is 47.7. The molecule has 0 aromatic rings. The standard InChI is InChI=1S/C53H92NO10P/c1-3-5-7-9-11-13-15-17-19-21-23-24-25-27-28-30-32-34-36-38-40-42-44-51(55)61-46-49(47-62-65(59,60)63-48-50(54)53(57)58)64-52(56)45-43-41-39-37-35-33-31-29-26-22-20-18-16-14-12-10-8-6-4-2/h6,8,12,14,18,20,26,29,33,35,39,41,49-50H,3-5,7,9-11,13,15-17,19,21-25,27-28,30-32,34,36-38,40,42-48,54H2,1-2H3,(H,57,58)(H,59,60)/b8-6-,14-12-,20-18-,29-26-,35-33-,41-39-. The molecule has 0 aliphatic rings. The smallest absolute Gasteiger partial charge is 0.472 e.